The first-order valence-corrected chi connectivity index (χ1v) is 10.1. The fraction of sp³-hybridized carbons (Fsp3) is 0.438. The van der Waals surface area contributed by atoms with E-state index in [2.05, 4.69) is 5.41 Å². The Bertz CT molecular complexity index is 676. The second kappa shape index (κ2) is 6.87. The first kappa shape index (κ1) is 17.1. The predicted molar refractivity (Wildman–Crippen MR) is 91.9 cm³/mol. The van der Waals surface area contributed by atoms with Crippen LogP contribution in [0.4, 0.5) is 5.69 Å². The topological polar surface area (TPSA) is 54.5 Å². The maximum atomic E-state index is 12.5. The van der Waals surface area contributed by atoms with Crippen LogP contribution in [-0.4, -0.2) is 32.9 Å². The van der Waals surface area contributed by atoms with Crippen LogP contribution in [0.1, 0.15) is 20.3 Å². The molecule has 0 bridgehead atoms. The monoisotopic (exact) mass is 339 g/mol. The Hall–Kier alpha value is -1.27. The molecule has 0 saturated carbocycles. The molecule has 1 amide bonds. The quantitative estimate of drug-likeness (QED) is 0.827. The van der Waals surface area contributed by atoms with Crippen molar-refractivity contribution in [1.82, 2.24) is 0 Å². The third kappa shape index (κ3) is 4.14. The first-order chi connectivity index (χ1) is 10.3. The van der Waals surface area contributed by atoms with Crippen molar-refractivity contribution in [3.63, 3.8) is 0 Å². The summed E-state index contributed by atoms with van der Waals surface area (Å²) in [7, 11) is -3.22. The highest BCUT2D eigenvalue weighted by atomic mass is 32.2. The van der Waals surface area contributed by atoms with Gasteiger partial charge in [0.2, 0.25) is 5.91 Å². The highest BCUT2D eigenvalue weighted by Crippen LogP contribution is 2.26. The lowest BCUT2D eigenvalue weighted by molar-refractivity contribution is -0.121. The lowest BCUT2D eigenvalue weighted by Gasteiger charge is -2.25. The summed E-state index contributed by atoms with van der Waals surface area (Å²) in [4.78, 5) is 14.5. The van der Waals surface area contributed by atoms with E-state index in [4.69, 9.17) is 0 Å². The SMILES string of the molecule is CC(C)C(=O)N(CC1=CSCC1)c1ccc(S(C)(=O)=O)cc1. The molecule has 6 heteroatoms. The fourth-order valence-corrected chi connectivity index (χ4v) is 3.78. The van der Waals surface area contributed by atoms with Gasteiger partial charge in [-0.2, -0.15) is 0 Å². The number of carbonyl (C=O) groups is 1. The highest BCUT2D eigenvalue weighted by molar-refractivity contribution is 8.02. The molecule has 0 fully saturated rings. The number of benzene rings is 1. The number of thioether (sulfide) groups is 1. The van der Waals surface area contributed by atoms with Crippen LogP contribution in [0.25, 0.3) is 0 Å². The molecule has 0 saturated heterocycles. The van der Waals surface area contributed by atoms with Crippen molar-refractivity contribution in [3.8, 4) is 0 Å². The Morgan fingerprint density at radius 2 is 1.91 bits per heavy atom. The molecule has 4 nitrogen and oxygen atoms in total. The Morgan fingerprint density at radius 3 is 2.36 bits per heavy atom. The van der Waals surface area contributed by atoms with Crippen LogP contribution in [0.15, 0.2) is 40.1 Å². The maximum Gasteiger partial charge on any atom is 0.229 e. The summed E-state index contributed by atoms with van der Waals surface area (Å²) in [6.45, 7) is 4.32. The van der Waals surface area contributed by atoms with Crippen LogP contribution in [0.3, 0.4) is 0 Å². The van der Waals surface area contributed by atoms with Gasteiger partial charge in [0.05, 0.1) is 4.90 Å². The number of amides is 1. The van der Waals surface area contributed by atoms with Crippen LogP contribution < -0.4 is 4.90 Å². The number of hydrogen-bond donors (Lipinski definition) is 0. The van der Waals surface area contributed by atoms with Crippen molar-refractivity contribution in [3.05, 3.63) is 35.2 Å². The number of hydrogen-bond acceptors (Lipinski definition) is 4. The minimum atomic E-state index is -3.22. The molecule has 0 unspecified atom stereocenters. The smallest absolute Gasteiger partial charge is 0.229 e. The summed E-state index contributed by atoms with van der Waals surface area (Å²) in [5, 5.41) is 2.12. The normalized spacial score (nSPS) is 15.0. The zero-order chi connectivity index (χ0) is 16.3. The zero-order valence-corrected chi connectivity index (χ0v) is 14.7. The Labute approximate surface area is 136 Å². The van der Waals surface area contributed by atoms with Gasteiger partial charge in [-0.05, 0) is 41.7 Å². The second-order valence-corrected chi connectivity index (χ2v) is 8.74. The van der Waals surface area contributed by atoms with Gasteiger partial charge < -0.3 is 4.90 Å². The molecule has 0 aliphatic carbocycles. The van der Waals surface area contributed by atoms with E-state index in [1.165, 1.54) is 11.8 Å². The van der Waals surface area contributed by atoms with Gasteiger partial charge in [-0.3, -0.25) is 4.79 Å². The van der Waals surface area contributed by atoms with E-state index in [1.54, 1.807) is 40.9 Å². The van der Waals surface area contributed by atoms with Gasteiger partial charge in [0.1, 0.15) is 0 Å². The molecule has 1 aliphatic rings. The van der Waals surface area contributed by atoms with E-state index < -0.39 is 9.84 Å². The Kier molecular flexibility index (Phi) is 5.34. The number of anilines is 1. The number of carbonyl (C=O) groups excluding carboxylic acids is 1. The Balaban J connectivity index is 2.29. The molecule has 2 rings (SSSR count). The van der Waals surface area contributed by atoms with E-state index in [1.807, 2.05) is 13.8 Å². The van der Waals surface area contributed by atoms with E-state index >= 15 is 0 Å². The maximum absolute atomic E-state index is 12.5. The summed E-state index contributed by atoms with van der Waals surface area (Å²) in [5.74, 6) is 1.00. The first-order valence-electron chi connectivity index (χ1n) is 7.20. The predicted octanol–water partition coefficient (Wildman–Crippen LogP) is 3.10. The van der Waals surface area contributed by atoms with Gasteiger partial charge >= 0.3 is 0 Å². The van der Waals surface area contributed by atoms with Crippen LogP contribution in [0, 0.1) is 5.92 Å². The van der Waals surface area contributed by atoms with Gasteiger partial charge in [-0.25, -0.2) is 8.42 Å². The van der Waals surface area contributed by atoms with Crippen molar-refractivity contribution in [2.75, 3.05) is 23.5 Å². The highest BCUT2D eigenvalue weighted by Gasteiger charge is 2.21. The van der Waals surface area contributed by atoms with Gasteiger partial charge in [0.25, 0.3) is 0 Å². The van der Waals surface area contributed by atoms with Crippen molar-refractivity contribution >= 4 is 33.2 Å². The largest absolute Gasteiger partial charge is 0.308 e. The minimum Gasteiger partial charge on any atom is -0.308 e. The molecule has 1 heterocycles. The molecule has 1 aromatic carbocycles. The van der Waals surface area contributed by atoms with Gasteiger partial charge in [-0.15, -0.1) is 11.8 Å². The van der Waals surface area contributed by atoms with Crippen LogP contribution in [0.2, 0.25) is 0 Å². The van der Waals surface area contributed by atoms with Crippen molar-refractivity contribution < 1.29 is 13.2 Å². The third-order valence-electron chi connectivity index (χ3n) is 3.49. The van der Waals surface area contributed by atoms with Gasteiger partial charge in [0, 0.05) is 30.2 Å². The number of sulfone groups is 1. The molecule has 120 valence electrons. The summed E-state index contributed by atoms with van der Waals surface area (Å²) in [5.41, 5.74) is 1.98. The number of nitrogens with zero attached hydrogens (tertiary/aromatic N) is 1. The lowest BCUT2D eigenvalue weighted by Crippen LogP contribution is -2.35. The molecule has 1 aliphatic heterocycles. The molecular formula is C16H21NO3S2. The summed E-state index contributed by atoms with van der Waals surface area (Å²) >= 11 is 1.77. The van der Waals surface area contributed by atoms with Crippen LogP contribution >= 0.6 is 11.8 Å². The summed E-state index contributed by atoms with van der Waals surface area (Å²) < 4.78 is 23.1. The van der Waals surface area contributed by atoms with E-state index in [0.29, 0.717) is 6.54 Å². The average molecular weight is 339 g/mol. The molecular weight excluding hydrogens is 318 g/mol. The van der Waals surface area contributed by atoms with E-state index in [-0.39, 0.29) is 16.7 Å². The standard InChI is InChI=1S/C16H21NO3S2/c1-12(2)16(18)17(10-13-8-9-21-11-13)14-4-6-15(7-5-14)22(3,19)20/h4-7,11-12H,8-10H2,1-3H3. The van der Waals surface area contributed by atoms with E-state index in [9.17, 15) is 13.2 Å². The molecule has 0 atom stereocenters. The molecule has 22 heavy (non-hydrogen) atoms. The van der Waals surface area contributed by atoms with Crippen molar-refractivity contribution in [1.29, 1.82) is 0 Å². The molecule has 0 aromatic heterocycles. The van der Waals surface area contributed by atoms with Crippen molar-refractivity contribution in [2.45, 2.75) is 25.2 Å². The van der Waals surface area contributed by atoms with E-state index in [0.717, 1.165) is 17.9 Å². The summed E-state index contributed by atoms with van der Waals surface area (Å²) in [6, 6.07) is 6.53. The summed E-state index contributed by atoms with van der Waals surface area (Å²) in [6.07, 6.45) is 2.17. The lowest BCUT2D eigenvalue weighted by atomic mass is 10.1. The minimum absolute atomic E-state index is 0.0462. The molecule has 0 spiro atoms. The Morgan fingerprint density at radius 1 is 1.27 bits per heavy atom. The zero-order valence-electron chi connectivity index (χ0n) is 13.1. The third-order valence-corrected chi connectivity index (χ3v) is 5.56. The van der Waals surface area contributed by atoms with Crippen LogP contribution in [0.5, 0.6) is 0 Å². The fourth-order valence-electron chi connectivity index (χ4n) is 2.23. The van der Waals surface area contributed by atoms with Gasteiger partial charge in [-0.1, -0.05) is 13.8 Å². The number of rotatable bonds is 5. The molecule has 1 aromatic rings. The molecule has 0 radical (unpaired) electrons. The van der Waals surface area contributed by atoms with Gasteiger partial charge in [0.15, 0.2) is 9.84 Å². The molecule has 0 N–H and O–H groups in total. The van der Waals surface area contributed by atoms with Crippen molar-refractivity contribution in [2.24, 2.45) is 5.92 Å². The van der Waals surface area contributed by atoms with Crippen LogP contribution in [-0.2, 0) is 14.6 Å². The second-order valence-electron chi connectivity index (χ2n) is 5.74. The average Bonchev–Trinajstić information content (AvgIpc) is 2.96.